The molecule has 3 amide bonds. The smallest absolute Gasteiger partial charge is 0.321 e. The number of carbonyl (C=O) groups excluding carboxylic acids is 2. The highest BCUT2D eigenvalue weighted by Crippen LogP contribution is 2.19. The number of hydrogen-bond donors (Lipinski definition) is 3. The fourth-order valence-corrected chi connectivity index (χ4v) is 1.99. The molecule has 1 saturated carbocycles. The van der Waals surface area contributed by atoms with E-state index in [9.17, 15) is 14.7 Å². The van der Waals surface area contributed by atoms with E-state index in [-0.39, 0.29) is 18.5 Å². The summed E-state index contributed by atoms with van der Waals surface area (Å²) in [6.45, 7) is 3.08. The van der Waals surface area contributed by atoms with Gasteiger partial charge in [0.2, 0.25) is 5.91 Å². The van der Waals surface area contributed by atoms with Crippen LogP contribution in [0.5, 0.6) is 0 Å². The van der Waals surface area contributed by atoms with E-state index in [1.807, 2.05) is 4.90 Å². The first-order chi connectivity index (χ1) is 7.94. The number of aliphatic hydroxyl groups is 1. The van der Waals surface area contributed by atoms with Gasteiger partial charge in [0.1, 0.15) is 0 Å². The minimum Gasteiger partial charge on any atom is -0.389 e. The average molecular weight is 241 g/mol. The van der Waals surface area contributed by atoms with Gasteiger partial charge in [-0.15, -0.1) is 0 Å². The summed E-state index contributed by atoms with van der Waals surface area (Å²) in [5.41, 5.74) is -0.712. The number of nitrogens with one attached hydrogen (secondary N) is 2. The van der Waals surface area contributed by atoms with E-state index < -0.39 is 11.6 Å². The molecule has 1 heterocycles. The van der Waals surface area contributed by atoms with Crippen LogP contribution in [0.15, 0.2) is 0 Å². The molecule has 0 aromatic rings. The van der Waals surface area contributed by atoms with Crippen LogP contribution in [0.3, 0.4) is 0 Å². The lowest BCUT2D eigenvalue weighted by Crippen LogP contribution is -2.45. The van der Waals surface area contributed by atoms with E-state index in [1.54, 1.807) is 6.92 Å². The van der Waals surface area contributed by atoms with Gasteiger partial charge in [0.15, 0.2) is 0 Å². The molecule has 0 bridgehead atoms. The summed E-state index contributed by atoms with van der Waals surface area (Å²) < 4.78 is 0. The number of nitrogens with zero attached hydrogens (tertiary/aromatic N) is 1. The zero-order valence-corrected chi connectivity index (χ0v) is 10.0. The quantitative estimate of drug-likeness (QED) is 0.618. The molecule has 17 heavy (non-hydrogen) atoms. The average Bonchev–Trinajstić information content (AvgIpc) is 2.91. The highest BCUT2D eigenvalue weighted by Gasteiger charge is 2.32. The van der Waals surface area contributed by atoms with Gasteiger partial charge in [-0.05, 0) is 26.2 Å². The van der Waals surface area contributed by atoms with Gasteiger partial charge in [-0.2, -0.15) is 0 Å². The van der Waals surface area contributed by atoms with Crippen LogP contribution in [0.25, 0.3) is 0 Å². The molecule has 2 fully saturated rings. The number of urea groups is 1. The molecule has 0 aromatic carbocycles. The number of likely N-dealkylation sites (tertiary alicyclic amines) is 1. The van der Waals surface area contributed by atoms with E-state index in [0.29, 0.717) is 19.5 Å². The van der Waals surface area contributed by atoms with E-state index >= 15 is 0 Å². The van der Waals surface area contributed by atoms with Gasteiger partial charge >= 0.3 is 6.03 Å². The number of β-amino-alcohol motifs (C(OH)–C–C–N with tert-alkyl or cyclic N) is 1. The van der Waals surface area contributed by atoms with Crippen molar-refractivity contribution >= 4 is 11.9 Å². The summed E-state index contributed by atoms with van der Waals surface area (Å²) in [7, 11) is 0. The van der Waals surface area contributed by atoms with Gasteiger partial charge in [0.25, 0.3) is 0 Å². The van der Waals surface area contributed by atoms with Crippen LogP contribution in [0, 0.1) is 0 Å². The Hall–Kier alpha value is -1.14. The predicted molar refractivity (Wildman–Crippen MR) is 61.4 cm³/mol. The summed E-state index contributed by atoms with van der Waals surface area (Å²) in [6, 6.07) is -0.168. The van der Waals surface area contributed by atoms with Gasteiger partial charge in [0.05, 0.1) is 12.1 Å². The Morgan fingerprint density at radius 1 is 1.47 bits per heavy atom. The monoisotopic (exact) mass is 241 g/mol. The molecule has 1 saturated heterocycles. The predicted octanol–water partition coefficient (Wildman–Crippen LogP) is -0.569. The minimum atomic E-state index is -0.712. The summed E-state index contributed by atoms with van der Waals surface area (Å²) in [5, 5.41) is 14.7. The van der Waals surface area contributed by atoms with E-state index in [0.717, 1.165) is 12.8 Å². The SMILES string of the molecule is CC1(O)CCN(CC(=O)NC(=O)NC2CC2)C1. The molecule has 1 unspecified atom stereocenters. The maximum absolute atomic E-state index is 11.5. The molecule has 0 spiro atoms. The van der Waals surface area contributed by atoms with Crippen molar-refractivity contribution in [2.24, 2.45) is 0 Å². The second-order valence-corrected chi connectivity index (χ2v) is 5.25. The third kappa shape index (κ3) is 3.98. The van der Waals surface area contributed by atoms with Crippen molar-refractivity contribution in [2.75, 3.05) is 19.6 Å². The van der Waals surface area contributed by atoms with E-state index in [2.05, 4.69) is 10.6 Å². The molecular weight excluding hydrogens is 222 g/mol. The molecule has 6 heteroatoms. The van der Waals surface area contributed by atoms with Gasteiger partial charge in [-0.1, -0.05) is 0 Å². The van der Waals surface area contributed by atoms with Crippen molar-refractivity contribution in [3.63, 3.8) is 0 Å². The number of amides is 3. The standard InChI is InChI=1S/C11H19N3O3/c1-11(17)4-5-14(7-11)6-9(15)13-10(16)12-8-2-3-8/h8,17H,2-7H2,1H3,(H2,12,13,15,16). The highest BCUT2D eigenvalue weighted by atomic mass is 16.3. The van der Waals surface area contributed by atoms with E-state index in [1.165, 1.54) is 0 Å². The lowest BCUT2D eigenvalue weighted by molar-refractivity contribution is -0.121. The first-order valence-corrected chi connectivity index (χ1v) is 6.00. The zero-order valence-electron chi connectivity index (χ0n) is 10.0. The summed E-state index contributed by atoms with van der Waals surface area (Å²) in [5.74, 6) is -0.319. The lowest BCUT2D eigenvalue weighted by atomic mass is 10.1. The summed E-state index contributed by atoms with van der Waals surface area (Å²) in [4.78, 5) is 24.7. The molecular formula is C11H19N3O3. The number of imide groups is 1. The normalized spacial score (nSPS) is 29.1. The van der Waals surface area contributed by atoms with Crippen LogP contribution in [-0.2, 0) is 4.79 Å². The van der Waals surface area contributed by atoms with Gasteiger partial charge in [0, 0.05) is 19.1 Å². The third-order valence-electron chi connectivity index (χ3n) is 3.06. The first-order valence-electron chi connectivity index (χ1n) is 6.00. The Bertz CT molecular complexity index is 326. The maximum atomic E-state index is 11.5. The Labute approximate surface area is 100 Å². The van der Waals surface area contributed by atoms with Gasteiger partial charge in [-0.25, -0.2) is 4.79 Å². The van der Waals surface area contributed by atoms with Crippen LogP contribution >= 0.6 is 0 Å². The number of rotatable bonds is 3. The largest absolute Gasteiger partial charge is 0.389 e. The molecule has 0 aromatic heterocycles. The molecule has 1 aliphatic carbocycles. The molecule has 2 aliphatic rings. The van der Waals surface area contributed by atoms with Crippen LogP contribution in [0.1, 0.15) is 26.2 Å². The fourth-order valence-electron chi connectivity index (χ4n) is 1.99. The van der Waals surface area contributed by atoms with Crippen LogP contribution in [0.4, 0.5) is 4.79 Å². The molecule has 1 aliphatic heterocycles. The third-order valence-corrected chi connectivity index (χ3v) is 3.06. The van der Waals surface area contributed by atoms with Crippen LogP contribution in [0.2, 0.25) is 0 Å². The molecule has 96 valence electrons. The second-order valence-electron chi connectivity index (χ2n) is 5.25. The minimum absolute atomic E-state index is 0.161. The second kappa shape index (κ2) is 4.62. The Morgan fingerprint density at radius 3 is 2.71 bits per heavy atom. The van der Waals surface area contributed by atoms with Gasteiger partial charge < -0.3 is 10.4 Å². The molecule has 2 rings (SSSR count). The first kappa shape index (κ1) is 12.3. The van der Waals surface area contributed by atoms with Crippen molar-refractivity contribution < 1.29 is 14.7 Å². The van der Waals surface area contributed by atoms with Crippen molar-refractivity contribution in [3.8, 4) is 0 Å². The van der Waals surface area contributed by atoms with Crippen molar-refractivity contribution in [3.05, 3.63) is 0 Å². The zero-order chi connectivity index (χ0) is 12.5. The van der Waals surface area contributed by atoms with Crippen LogP contribution < -0.4 is 10.6 Å². The summed E-state index contributed by atoms with van der Waals surface area (Å²) >= 11 is 0. The number of hydrogen-bond acceptors (Lipinski definition) is 4. The maximum Gasteiger partial charge on any atom is 0.321 e. The fraction of sp³-hybridized carbons (Fsp3) is 0.818. The Kier molecular flexibility index (Phi) is 3.35. The highest BCUT2D eigenvalue weighted by molar-refractivity contribution is 5.95. The number of carbonyl (C=O) groups is 2. The molecule has 6 nitrogen and oxygen atoms in total. The van der Waals surface area contributed by atoms with Crippen molar-refractivity contribution in [1.82, 2.24) is 15.5 Å². The lowest BCUT2D eigenvalue weighted by Gasteiger charge is -2.18. The molecule has 0 radical (unpaired) electrons. The Balaban J connectivity index is 1.68. The Morgan fingerprint density at radius 2 is 2.18 bits per heavy atom. The van der Waals surface area contributed by atoms with Crippen LogP contribution in [-0.4, -0.2) is 53.2 Å². The van der Waals surface area contributed by atoms with Gasteiger partial charge in [-0.3, -0.25) is 15.0 Å². The van der Waals surface area contributed by atoms with Crippen molar-refractivity contribution in [1.29, 1.82) is 0 Å². The summed E-state index contributed by atoms with van der Waals surface area (Å²) in [6.07, 6.45) is 2.65. The van der Waals surface area contributed by atoms with Crippen molar-refractivity contribution in [2.45, 2.75) is 37.8 Å². The van der Waals surface area contributed by atoms with E-state index in [4.69, 9.17) is 0 Å². The topological polar surface area (TPSA) is 81.7 Å². The molecule has 1 atom stereocenters. The molecule has 3 N–H and O–H groups in total.